The van der Waals surface area contributed by atoms with Crippen LogP contribution in [0.5, 0.6) is 0 Å². The van der Waals surface area contributed by atoms with Crippen LogP contribution in [0.3, 0.4) is 0 Å². The summed E-state index contributed by atoms with van der Waals surface area (Å²) in [6, 6.07) is 69.9. The largest absolute Gasteiger partial charge is 0.333 e. The standard InChI is InChI=1S/C31H25N2.C25H17N2.Ir/c1-19-10-9-11-20(2)28(19)29-23-13-6-8-15-27(23)32-30(33-29)21-16-17-26-24(18-21)22-12-5-7-14-25(22)31(26,3)4;1-3-10-19(11-4-1)20-12-9-13-21(18-20)25-26-23-16-7-8-17-24(23)27(25)22-14-5-2-6-15-22;/h5-15,17-18H,1-4H3;1-12,14-18H;/q2*-1;. The second-order valence-electron chi connectivity index (χ2n) is 16.0. The van der Waals surface area contributed by atoms with Crippen LogP contribution < -0.4 is 0 Å². The van der Waals surface area contributed by atoms with Crippen molar-refractivity contribution in [3.05, 3.63) is 216 Å². The van der Waals surface area contributed by atoms with Gasteiger partial charge in [-0.05, 0) is 77.4 Å². The van der Waals surface area contributed by atoms with Gasteiger partial charge in [-0.2, -0.15) is 0 Å². The van der Waals surface area contributed by atoms with E-state index in [1.807, 2.05) is 30.3 Å². The molecule has 61 heavy (non-hydrogen) atoms. The van der Waals surface area contributed by atoms with E-state index in [4.69, 9.17) is 15.0 Å². The van der Waals surface area contributed by atoms with Crippen LogP contribution >= 0.6 is 0 Å². The molecule has 4 nitrogen and oxygen atoms in total. The molecule has 0 amide bonds. The Balaban J connectivity index is 0.000000157. The topological polar surface area (TPSA) is 43.6 Å². The van der Waals surface area contributed by atoms with E-state index in [2.05, 4.69) is 196 Å². The van der Waals surface area contributed by atoms with E-state index in [-0.39, 0.29) is 25.5 Å². The summed E-state index contributed by atoms with van der Waals surface area (Å²) in [4.78, 5) is 15.0. The van der Waals surface area contributed by atoms with Crippen LogP contribution in [0.1, 0.15) is 36.1 Å². The molecule has 2 heterocycles. The van der Waals surface area contributed by atoms with Crippen LogP contribution in [0.2, 0.25) is 0 Å². The zero-order valence-corrected chi connectivity index (χ0v) is 36.8. The zero-order chi connectivity index (χ0) is 40.8. The SMILES string of the molecule is Cc1cccc(C)c1-c1nc(-c2[c-]cc3c(c2)-c2ccccc2C3(C)C)nc2ccccc12.[Ir].[c-]1ccc(-c2ccccc2)cc1-c1nc2ccccc2n1-c1ccccc1. The van der Waals surface area contributed by atoms with E-state index >= 15 is 0 Å². The van der Waals surface area contributed by atoms with Gasteiger partial charge in [0, 0.05) is 36.7 Å². The predicted octanol–water partition coefficient (Wildman–Crippen LogP) is 13.8. The summed E-state index contributed by atoms with van der Waals surface area (Å²) in [5.41, 5.74) is 18.2. The van der Waals surface area contributed by atoms with Crippen molar-refractivity contribution in [3.8, 4) is 62.0 Å². The van der Waals surface area contributed by atoms with E-state index in [9.17, 15) is 0 Å². The van der Waals surface area contributed by atoms with Crippen molar-refractivity contribution < 1.29 is 20.1 Å². The van der Waals surface area contributed by atoms with Gasteiger partial charge < -0.3 is 4.57 Å². The number of benzene rings is 8. The minimum Gasteiger partial charge on any atom is -0.333 e. The molecule has 2 aromatic heterocycles. The van der Waals surface area contributed by atoms with Gasteiger partial charge in [-0.15, -0.1) is 64.7 Å². The minimum absolute atomic E-state index is 0. The van der Waals surface area contributed by atoms with Gasteiger partial charge in [-0.3, -0.25) is 15.0 Å². The van der Waals surface area contributed by atoms with Gasteiger partial charge in [-0.25, -0.2) is 0 Å². The normalized spacial score (nSPS) is 12.3. The number of hydrogen-bond acceptors (Lipinski definition) is 3. The number of aromatic nitrogens is 4. The fourth-order valence-electron chi connectivity index (χ4n) is 8.79. The fraction of sp³-hybridized carbons (Fsp3) is 0.0893. The maximum absolute atomic E-state index is 5.14. The average Bonchev–Trinajstić information content (AvgIpc) is 3.79. The van der Waals surface area contributed by atoms with Crippen LogP contribution in [-0.2, 0) is 25.5 Å². The summed E-state index contributed by atoms with van der Waals surface area (Å²) >= 11 is 0. The molecule has 0 spiro atoms. The molecule has 297 valence electrons. The molecule has 0 fully saturated rings. The van der Waals surface area contributed by atoms with Gasteiger partial charge in [-0.1, -0.05) is 141 Å². The van der Waals surface area contributed by atoms with Crippen molar-refractivity contribution in [1.29, 1.82) is 0 Å². The van der Waals surface area contributed by atoms with Crippen LogP contribution in [0.25, 0.3) is 83.9 Å². The molecule has 0 saturated heterocycles. The summed E-state index contributed by atoms with van der Waals surface area (Å²) in [6.45, 7) is 8.88. The van der Waals surface area contributed by atoms with Gasteiger partial charge >= 0.3 is 0 Å². The first-order valence-corrected chi connectivity index (χ1v) is 20.5. The molecule has 8 aromatic carbocycles. The first kappa shape index (κ1) is 39.7. The van der Waals surface area contributed by atoms with Gasteiger partial charge in [0.25, 0.3) is 0 Å². The third-order valence-corrected chi connectivity index (χ3v) is 11.8. The van der Waals surface area contributed by atoms with Crippen molar-refractivity contribution in [2.45, 2.75) is 33.1 Å². The Hall–Kier alpha value is -6.78. The predicted molar refractivity (Wildman–Crippen MR) is 247 cm³/mol. The molecule has 0 unspecified atom stereocenters. The molecule has 0 N–H and O–H groups in total. The van der Waals surface area contributed by atoms with E-state index < -0.39 is 0 Å². The van der Waals surface area contributed by atoms with Gasteiger partial charge in [0.1, 0.15) is 0 Å². The fourth-order valence-corrected chi connectivity index (χ4v) is 8.79. The van der Waals surface area contributed by atoms with E-state index in [1.54, 1.807) is 0 Å². The maximum Gasteiger partial charge on any atom is 0.0774 e. The number of hydrogen-bond donors (Lipinski definition) is 0. The average molecular weight is 963 g/mol. The first-order valence-electron chi connectivity index (χ1n) is 20.5. The first-order chi connectivity index (χ1) is 29.3. The Morgan fingerprint density at radius 1 is 0.525 bits per heavy atom. The molecule has 0 atom stereocenters. The molecule has 0 bridgehead atoms. The van der Waals surface area contributed by atoms with E-state index in [1.165, 1.54) is 44.5 Å². The number of imidazole rings is 1. The number of aryl methyl sites for hydroxylation is 2. The van der Waals surface area contributed by atoms with Crippen LogP contribution in [0.15, 0.2) is 182 Å². The maximum atomic E-state index is 5.14. The van der Waals surface area contributed by atoms with Crippen molar-refractivity contribution in [3.63, 3.8) is 0 Å². The number of para-hydroxylation sites is 4. The molecular weight excluding hydrogens is 921 g/mol. The molecule has 1 radical (unpaired) electrons. The summed E-state index contributed by atoms with van der Waals surface area (Å²) in [5.74, 6) is 1.62. The Morgan fingerprint density at radius 2 is 1.20 bits per heavy atom. The Bertz CT molecular complexity index is 3180. The van der Waals surface area contributed by atoms with Crippen molar-refractivity contribution >= 4 is 21.9 Å². The minimum atomic E-state index is -0.0331. The van der Waals surface area contributed by atoms with Crippen LogP contribution in [0.4, 0.5) is 0 Å². The monoisotopic (exact) mass is 963 g/mol. The molecular formula is C56H42IrN4-2. The number of rotatable bonds is 5. The molecule has 1 aliphatic rings. The summed E-state index contributed by atoms with van der Waals surface area (Å²) in [7, 11) is 0. The number of nitrogens with zero attached hydrogens (tertiary/aromatic N) is 4. The Kier molecular flexibility index (Phi) is 10.6. The van der Waals surface area contributed by atoms with E-state index in [0.717, 1.165) is 61.7 Å². The molecule has 0 saturated carbocycles. The van der Waals surface area contributed by atoms with Gasteiger partial charge in [0.2, 0.25) is 0 Å². The molecule has 11 rings (SSSR count). The zero-order valence-electron chi connectivity index (χ0n) is 34.4. The Morgan fingerprint density at radius 3 is 1.98 bits per heavy atom. The third kappa shape index (κ3) is 7.20. The molecule has 1 aliphatic carbocycles. The van der Waals surface area contributed by atoms with Crippen molar-refractivity contribution in [1.82, 2.24) is 19.5 Å². The summed E-state index contributed by atoms with van der Waals surface area (Å²) < 4.78 is 2.20. The van der Waals surface area contributed by atoms with Gasteiger partial charge in [0.15, 0.2) is 0 Å². The molecule has 0 aliphatic heterocycles. The smallest absolute Gasteiger partial charge is 0.0774 e. The summed E-state index contributed by atoms with van der Waals surface area (Å²) in [6.07, 6.45) is 0. The summed E-state index contributed by atoms with van der Waals surface area (Å²) in [5, 5.41) is 1.08. The number of fused-ring (bicyclic) bond motifs is 5. The van der Waals surface area contributed by atoms with Crippen molar-refractivity contribution in [2.24, 2.45) is 0 Å². The quantitative estimate of drug-likeness (QED) is 0.161. The van der Waals surface area contributed by atoms with Crippen LogP contribution in [-0.4, -0.2) is 19.5 Å². The molecule has 10 aromatic rings. The van der Waals surface area contributed by atoms with E-state index in [0.29, 0.717) is 0 Å². The van der Waals surface area contributed by atoms with Crippen molar-refractivity contribution in [2.75, 3.05) is 0 Å². The van der Waals surface area contributed by atoms with Gasteiger partial charge in [0.05, 0.1) is 33.9 Å². The second-order valence-corrected chi connectivity index (χ2v) is 16.0. The third-order valence-electron chi connectivity index (χ3n) is 11.8. The molecule has 5 heteroatoms. The second kappa shape index (κ2) is 16.3. The van der Waals surface area contributed by atoms with Crippen LogP contribution in [0, 0.1) is 26.0 Å². The Labute approximate surface area is 371 Å².